The van der Waals surface area contributed by atoms with Crippen molar-refractivity contribution in [3.63, 3.8) is 0 Å². The van der Waals surface area contributed by atoms with E-state index in [-0.39, 0.29) is 23.9 Å². The molecular formula is C29H33N5O4S. The standard InChI is InChI=1S/C29H33N5O4S/c1-29(2,3)38-28(37)32-21-7-5-6-20(15-21)31-26(36)19-12-13-23-24(14-19)39-27-33-22(16-34(23)27)17-8-10-18(11-9-17)25(35)30-4/h8-14,16,20-21H,5-7,15H2,1-4H3,(H,30,35)(H,31,36)(H,32,37). The molecule has 0 aliphatic heterocycles. The van der Waals surface area contributed by atoms with Crippen LogP contribution in [-0.2, 0) is 4.74 Å². The van der Waals surface area contributed by atoms with Gasteiger partial charge in [-0.2, -0.15) is 0 Å². The van der Waals surface area contributed by atoms with Crippen LogP contribution >= 0.6 is 11.3 Å². The van der Waals surface area contributed by atoms with Crippen molar-refractivity contribution in [2.75, 3.05) is 7.05 Å². The predicted molar refractivity (Wildman–Crippen MR) is 152 cm³/mol. The average molecular weight is 548 g/mol. The summed E-state index contributed by atoms with van der Waals surface area (Å²) in [5.74, 6) is -0.248. The summed E-state index contributed by atoms with van der Waals surface area (Å²) in [5, 5.41) is 8.71. The maximum Gasteiger partial charge on any atom is 0.407 e. The fraction of sp³-hybridized carbons (Fsp3) is 0.379. The molecule has 2 aromatic carbocycles. The summed E-state index contributed by atoms with van der Waals surface area (Å²) in [6.07, 6.45) is 4.89. The van der Waals surface area contributed by atoms with Gasteiger partial charge < -0.3 is 20.7 Å². The summed E-state index contributed by atoms with van der Waals surface area (Å²) in [6.45, 7) is 5.52. The minimum Gasteiger partial charge on any atom is -0.444 e. The van der Waals surface area contributed by atoms with Crippen LogP contribution in [-0.4, -0.2) is 52.0 Å². The van der Waals surface area contributed by atoms with Crippen LogP contribution in [0.2, 0.25) is 0 Å². The number of nitrogens with one attached hydrogen (secondary N) is 3. The lowest BCUT2D eigenvalue weighted by Gasteiger charge is -2.31. The Balaban J connectivity index is 1.26. The first-order valence-electron chi connectivity index (χ1n) is 13.1. The Bertz CT molecular complexity index is 1530. The average Bonchev–Trinajstić information content (AvgIpc) is 3.45. The number of carbonyl (C=O) groups excluding carboxylic acids is 3. The Morgan fingerprint density at radius 2 is 1.67 bits per heavy atom. The van der Waals surface area contributed by atoms with E-state index in [0.717, 1.165) is 45.7 Å². The number of thiazole rings is 1. The van der Waals surface area contributed by atoms with Gasteiger partial charge in [0.15, 0.2) is 4.96 Å². The van der Waals surface area contributed by atoms with E-state index in [1.165, 1.54) is 11.3 Å². The third-order valence-corrected chi connectivity index (χ3v) is 7.77. The summed E-state index contributed by atoms with van der Waals surface area (Å²) < 4.78 is 8.37. The largest absolute Gasteiger partial charge is 0.444 e. The zero-order valence-corrected chi connectivity index (χ0v) is 23.4. The van der Waals surface area contributed by atoms with Crippen molar-refractivity contribution in [2.24, 2.45) is 0 Å². The van der Waals surface area contributed by atoms with Gasteiger partial charge >= 0.3 is 6.09 Å². The van der Waals surface area contributed by atoms with E-state index in [1.807, 2.05) is 61.7 Å². The molecule has 1 saturated carbocycles. The summed E-state index contributed by atoms with van der Waals surface area (Å²) in [6, 6.07) is 13.0. The molecule has 2 heterocycles. The summed E-state index contributed by atoms with van der Waals surface area (Å²) >= 11 is 1.52. The Kier molecular flexibility index (Phi) is 7.31. The molecule has 1 aliphatic rings. The lowest BCUT2D eigenvalue weighted by molar-refractivity contribution is 0.0489. The van der Waals surface area contributed by atoms with Gasteiger partial charge in [0.1, 0.15) is 5.60 Å². The van der Waals surface area contributed by atoms with Crippen molar-refractivity contribution in [3.05, 3.63) is 59.8 Å². The molecule has 3 amide bonds. The minimum atomic E-state index is -0.546. The van der Waals surface area contributed by atoms with E-state index in [2.05, 4.69) is 16.0 Å². The first-order valence-corrected chi connectivity index (χ1v) is 14.0. The molecule has 2 aromatic heterocycles. The first-order chi connectivity index (χ1) is 18.6. The fourth-order valence-corrected chi connectivity index (χ4v) is 5.96. The van der Waals surface area contributed by atoms with Gasteiger partial charge in [0.2, 0.25) is 0 Å². The van der Waals surface area contributed by atoms with Gasteiger partial charge in [-0.3, -0.25) is 14.0 Å². The molecule has 4 aromatic rings. The summed E-state index contributed by atoms with van der Waals surface area (Å²) in [7, 11) is 1.61. The number of hydrogen-bond acceptors (Lipinski definition) is 6. The minimum absolute atomic E-state index is 0.0140. The third kappa shape index (κ3) is 6.06. The van der Waals surface area contributed by atoms with Gasteiger partial charge in [-0.1, -0.05) is 23.5 Å². The van der Waals surface area contributed by atoms with Crippen molar-refractivity contribution < 1.29 is 19.1 Å². The lowest BCUT2D eigenvalue weighted by atomic mass is 9.91. The highest BCUT2D eigenvalue weighted by molar-refractivity contribution is 7.23. The van der Waals surface area contributed by atoms with Gasteiger partial charge in [0.25, 0.3) is 11.8 Å². The van der Waals surface area contributed by atoms with Crippen LogP contribution < -0.4 is 16.0 Å². The van der Waals surface area contributed by atoms with E-state index in [0.29, 0.717) is 17.5 Å². The molecule has 10 heteroatoms. The number of benzene rings is 2. The van der Waals surface area contributed by atoms with Crippen LogP contribution in [0.5, 0.6) is 0 Å². The van der Waals surface area contributed by atoms with E-state index in [4.69, 9.17) is 9.72 Å². The SMILES string of the molecule is CNC(=O)c1ccc(-c2cn3c(n2)sc2cc(C(=O)NC4CCCC(NC(=O)OC(C)(C)C)C4)ccc23)cc1. The highest BCUT2D eigenvalue weighted by atomic mass is 32.1. The van der Waals surface area contributed by atoms with E-state index in [9.17, 15) is 14.4 Å². The zero-order valence-electron chi connectivity index (χ0n) is 22.5. The Morgan fingerprint density at radius 3 is 2.36 bits per heavy atom. The van der Waals surface area contributed by atoms with Crippen LogP contribution in [0.1, 0.15) is 67.2 Å². The van der Waals surface area contributed by atoms with E-state index >= 15 is 0 Å². The number of aromatic nitrogens is 2. The molecule has 1 aliphatic carbocycles. The number of carbonyl (C=O) groups is 3. The molecule has 39 heavy (non-hydrogen) atoms. The maximum absolute atomic E-state index is 13.1. The molecule has 3 N–H and O–H groups in total. The molecule has 9 nitrogen and oxygen atoms in total. The van der Waals surface area contributed by atoms with Crippen molar-refractivity contribution in [2.45, 2.75) is 64.1 Å². The van der Waals surface area contributed by atoms with Crippen LogP contribution in [0.4, 0.5) is 4.79 Å². The van der Waals surface area contributed by atoms with Gasteiger partial charge in [-0.15, -0.1) is 0 Å². The van der Waals surface area contributed by atoms with Gasteiger partial charge in [-0.25, -0.2) is 9.78 Å². The number of nitrogens with zero attached hydrogens (tertiary/aromatic N) is 2. The Labute approximate surface area is 230 Å². The number of hydrogen-bond donors (Lipinski definition) is 3. The van der Waals surface area contributed by atoms with Crippen molar-refractivity contribution >= 4 is 44.4 Å². The molecule has 0 saturated heterocycles. The second kappa shape index (κ2) is 10.7. The molecule has 2 unspecified atom stereocenters. The number of alkyl carbamates (subject to hydrolysis) is 1. The fourth-order valence-electron chi connectivity index (χ4n) is 4.91. The maximum atomic E-state index is 13.1. The zero-order chi connectivity index (χ0) is 27.7. The Morgan fingerprint density at radius 1 is 0.974 bits per heavy atom. The second-order valence-corrected chi connectivity index (χ2v) is 11.9. The number of ether oxygens (including phenoxy) is 1. The normalized spacial score (nSPS) is 17.6. The second-order valence-electron chi connectivity index (χ2n) is 10.9. The summed E-state index contributed by atoms with van der Waals surface area (Å²) in [5.41, 5.74) is 3.37. The van der Waals surface area contributed by atoms with Gasteiger partial charge in [0, 0.05) is 42.0 Å². The molecule has 1 fully saturated rings. The smallest absolute Gasteiger partial charge is 0.407 e. The predicted octanol–water partition coefficient (Wildman–Crippen LogP) is 5.14. The highest BCUT2D eigenvalue weighted by Crippen LogP contribution is 2.30. The number of amides is 3. The van der Waals surface area contributed by atoms with Gasteiger partial charge in [-0.05, 0) is 76.8 Å². The van der Waals surface area contributed by atoms with Gasteiger partial charge in [0.05, 0.1) is 15.9 Å². The molecule has 5 rings (SSSR count). The first kappa shape index (κ1) is 26.7. The van der Waals surface area contributed by atoms with E-state index in [1.54, 1.807) is 19.2 Å². The molecular weight excluding hydrogens is 514 g/mol. The van der Waals surface area contributed by atoms with Crippen LogP contribution in [0.15, 0.2) is 48.7 Å². The quantitative estimate of drug-likeness (QED) is 0.320. The molecule has 204 valence electrons. The number of rotatable bonds is 5. The molecule has 0 radical (unpaired) electrons. The highest BCUT2D eigenvalue weighted by Gasteiger charge is 2.27. The van der Waals surface area contributed by atoms with Crippen molar-refractivity contribution in [3.8, 4) is 11.3 Å². The van der Waals surface area contributed by atoms with Crippen LogP contribution in [0, 0.1) is 0 Å². The molecule has 0 bridgehead atoms. The van der Waals surface area contributed by atoms with Crippen LogP contribution in [0.3, 0.4) is 0 Å². The number of fused-ring (bicyclic) bond motifs is 3. The number of imidazole rings is 1. The molecule has 0 spiro atoms. The van der Waals surface area contributed by atoms with E-state index < -0.39 is 11.7 Å². The van der Waals surface area contributed by atoms with Crippen LogP contribution in [0.25, 0.3) is 26.4 Å². The third-order valence-electron chi connectivity index (χ3n) is 6.76. The topological polar surface area (TPSA) is 114 Å². The Hall–Kier alpha value is -3.92. The monoisotopic (exact) mass is 547 g/mol. The lowest BCUT2D eigenvalue weighted by Crippen LogP contribution is -2.46. The molecule has 2 atom stereocenters. The summed E-state index contributed by atoms with van der Waals surface area (Å²) in [4.78, 5) is 42.7. The van der Waals surface area contributed by atoms with Crippen molar-refractivity contribution in [1.82, 2.24) is 25.3 Å². The van der Waals surface area contributed by atoms with Crippen molar-refractivity contribution in [1.29, 1.82) is 0 Å².